The molecule has 11 nitrogen and oxygen atoms in total. The first-order chi connectivity index (χ1) is 14.3. The Morgan fingerprint density at radius 2 is 2.07 bits per heavy atom. The number of fused-ring (bicyclic) bond motifs is 1. The van der Waals surface area contributed by atoms with E-state index in [0.717, 1.165) is 0 Å². The lowest BCUT2D eigenvalue weighted by Crippen LogP contribution is -2.52. The predicted octanol–water partition coefficient (Wildman–Crippen LogP) is -0.532. The normalized spacial score (nSPS) is 19.2. The second-order valence-electron chi connectivity index (χ2n) is 7.08. The van der Waals surface area contributed by atoms with E-state index in [4.69, 9.17) is 0 Å². The van der Waals surface area contributed by atoms with Crippen molar-refractivity contribution < 1.29 is 22.8 Å². The average molecular weight is 432 g/mol. The van der Waals surface area contributed by atoms with Gasteiger partial charge in [-0.2, -0.15) is 0 Å². The van der Waals surface area contributed by atoms with Crippen molar-refractivity contribution in [1.29, 1.82) is 0 Å². The number of piperidine rings is 1. The summed E-state index contributed by atoms with van der Waals surface area (Å²) in [7, 11) is -3.36. The van der Waals surface area contributed by atoms with Crippen LogP contribution < -0.4 is 10.0 Å². The Morgan fingerprint density at radius 1 is 1.27 bits per heavy atom. The maximum Gasteiger partial charge on any atom is 0.255 e. The van der Waals surface area contributed by atoms with Crippen LogP contribution in [0.2, 0.25) is 0 Å². The molecule has 2 N–H and O–H groups in total. The van der Waals surface area contributed by atoms with Gasteiger partial charge in [-0.25, -0.2) is 17.8 Å². The minimum Gasteiger partial charge on any atom is -0.322 e. The number of carbonyl (C=O) groups is 3. The monoisotopic (exact) mass is 432 g/mol. The Labute approximate surface area is 172 Å². The molecular weight excluding hydrogens is 412 g/mol. The van der Waals surface area contributed by atoms with Gasteiger partial charge in [0, 0.05) is 24.1 Å². The van der Waals surface area contributed by atoms with Gasteiger partial charge in [0.15, 0.2) is 0 Å². The lowest BCUT2D eigenvalue weighted by Gasteiger charge is -2.29. The summed E-state index contributed by atoms with van der Waals surface area (Å²) in [5, 5.41) is 10.3. The first kappa shape index (κ1) is 20.2. The number of benzene rings is 1. The van der Waals surface area contributed by atoms with E-state index in [2.05, 4.69) is 20.4 Å². The SMILES string of the molecule is CCS(=O)(=O)NCc1cn(-c2cccc3c2CN(C2CCC(=O)NC2=O)C3=O)nn1. The van der Waals surface area contributed by atoms with Gasteiger partial charge < -0.3 is 4.90 Å². The van der Waals surface area contributed by atoms with Crippen LogP contribution in [0.4, 0.5) is 0 Å². The molecule has 0 bridgehead atoms. The molecule has 158 valence electrons. The largest absolute Gasteiger partial charge is 0.322 e. The van der Waals surface area contributed by atoms with Crippen LogP contribution in [0.15, 0.2) is 24.4 Å². The van der Waals surface area contributed by atoms with Crippen molar-refractivity contribution in [3.05, 3.63) is 41.2 Å². The van der Waals surface area contributed by atoms with E-state index in [1.165, 1.54) is 16.5 Å². The van der Waals surface area contributed by atoms with E-state index in [-0.39, 0.29) is 43.5 Å². The van der Waals surface area contributed by atoms with Crippen LogP contribution in [0.25, 0.3) is 5.69 Å². The Balaban J connectivity index is 1.58. The first-order valence-corrected chi connectivity index (χ1v) is 11.1. The summed E-state index contributed by atoms with van der Waals surface area (Å²) >= 11 is 0. The maximum atomic E-state index is 12.9. The number of aromatic nitrogens is 3. The topological polar surface area (TPSA) is 143 Å². The number of amides is 3. The minimum absolute atomic E-state index is 0.00648. The lowest BCUT2D eigenvalue weighted by atomic mass is 10.0. The van der Waals surface area contributed by atoms with Crippen LogP contribution in [0.5, 0.6) is 0 Å². The predicted molar refractivity (Wildman–Crippen MR) is 104 cm³/mol. The summed E-state index contributed by atoms with van der Waals surface area (Å²) in [5.74, 6) is -1.13. The summed E-state index contributed by atoms with van der Waals surface area (Å²) in [4.78, 5) is 38.0. The molecule has 30 heavy (non-hydrogen) atoms. The molecule has 1 aromatic carbocycles. The third-order valence-electron chi connectivity index (χ3n) is 5.20. The molecule has 2 aliphatic rings. The molecule has 4 rings (SSSR count). The summed E-state index contributed by atoms with van der Waals surface area (Å²) in [5.41, 5.74) is 2.20. The van der Waals surface area contributed by atoms with Crippen molar-refractivity contribution in [1.82, 2.24) is 29.9 Å². The highest BCUT2D eigenvalue weighted by Gasteiger charge is 2.40. The molecule has 1 unspecified atom stereocenters. The van der Waals surface area contributed by atoms with Gasteiger partial charge in [-0.15, -0.1) is 5.10 Å². The third kappa shape index (κ3) is 3.71. The van der Waals surface area contributed by atoms with E-state index < -0.39 is 22.0 Å². The molecule has 1 fully saturated rings. The van der Waals surface area contributed by atoms with Crippen molar-refractivity contribution in [2.75, 3.05) is 5.75 Å². The number of carbonyl (C=O) groups excluding carboxylic acids is 3. The molecule has 1 aromatic heterocycles. The van der Waals surface area contributed by atoms with Crippen molar-refractivity contribution in [3.8, 4) is 5.69 Å². The molecule has 3 amide bonds. The van der Waals surface area contributed by atoms with Crippen LogP contribution in [-0.4, -0.2) is 57.8 Å². The average Bonchev–Trinajstić information content (AvgIpc) is 3.32. The van der Waals surface area contributed by atoms with Gasteiger partial charge in [-0.1, -0.05) is 11.3 Å². The van der Waals surface area contributed by atoms with E-state index in [1.807, 2.05) is 0 Å². The zero-order chi connectivity index (χ0) is 21.5. The van der Waals surface area contributed by atoms with E-state index in [0.29, 0.717) is 22.5 Å². The van der Waals surface area contributed by atoms with Gasteiger partial charge >= 0.3 is 0 Å². The van der Waals surface area contributed by atoms with Crippen molar-refractivity contribution >= 4 is 27.7 Å². The molecule has 1 saturated heterocycles. The summed E-state index contributed by atoms with van der Waals surface area (Å²) in [6, 6.07) is 4.46. The number of nitrogens with zero attached hydrogens (tertiary/aromatic N) is 4. The number of hydrogen-bond donors (Lipinski definition) is 2. The van der Waals surface area contributed by atoms with E-state index >= 15 is 0 Å². The van der Waals surface area contributed by atoms with Crippen LogP contribution in [0.3, 0.4) is 0 Å². The second kappa shape index (κ2) is 7.61. The highest BCUT2D eigenvalue weighted by molar-refractivity contribution is 7.89. The highest BCUT2D eigenvalue weighted by Crippen LogP contribution is 2.31. The van der Waals surface area contributed by atoms with Crippen LogP contribution in [-0.2, 0) is 32.7 Å². The Bertz CT molecular complexity index is 1140. The van der Waals surface area contributed by atoms with Crippen molar-refractivity contribution in [2.24, 2.45) is 0 Å². The summed E-state index contributed by atoms with van der Waals surface area (Å²) < 4.78 is 27.1. The molecular formula is C18H20N6O5S. The summed E-state index contributed by atoms with van der Waals surface area (Å²) in [6.07, 6.45) is 2.06. The summed E-state index contributed by atoms with van der Waals surface area (Å²) in [6.45, 7) is 1.75. The zero-order valence-electron chi connectivity index (χ0n) is 16.2. The standard InChI is InChI=1S/C18H20N6O5S/c1-2-30(28,29)19-8-11-9-24(22-21-11)14-5-3-4-12-13(14)10-23(18(12)27)15-6-7-16(25)20-17(15)26/h3-5,9,15,19H,2,6-8,10H2,1H3,(H,20,25,26). The van der Waals surface area contributed by atoms with Gasteiger partial charge in [0.2, 0.25) is 21.8 Å². The molecule has 12 heteroatoms. The van der Waals surface area contributed by atoms with Gasteiger partial charge in [-0.05, 0) is 25.5 Å². The van der Waals surface area contributed by atoms with Gasteiger partial charge in [0.25, 0.3) is 5.91 Å². The molecule has 1 atom stereocenters. The Morgan fingerprint density at radius 3 is 2.80 bits per heavy atom. The first-order valence-electron chi connectivity index (χ1n) is 9.44. The van der Waals surface area contributed by atoms with Crippen molar-refractivity contribution in [2.45, 2.75) is 38.9 Å². The van der Waals surface area contributed by atoms with Gasteiger partial charge in [0.1, 0.15) is 6.04 Å². The third-order valence-corrected chi connectivity index (χ3v) is 6.54. The fourth-order valence-electron chi connectivity index (χ4n) is 3.57. The van der Waals surface area contributed by atoms with E-state index in [9.17, 15) is 22.8 Å². The minimum atomic E-state index is -3.36. The molecule has 3 heterocycles. The van der Waals surface area contributed by atoms with Crippen LogP contribution in [0, 0.1) is 0 Å². The Hall–Kier alpha value is -3.12. The number of hydrogen-bond acceptors (Lipinski definition) is 7. The smallest absolute Gasteiger partial charge is 0.255 e. The molecule has 0 aliphatic carbocycles. The lowest BCUT2D eigenvalue weighted by molar-refractivity contribution is -0.136. The highest BCUT2D eigenvalue weighted by atomic mass is 32.2. The maximum absolute atomic E-state index is 12.9. The molecule has 2 aromatic rings. The number of rotatable bonds is 6. The molecule has 0 spiro atoms. The fraction of sp³-hybridized carbons (Fsp3) is 0.389. The quantitative estimate of drug-likeness (QED) is 0.584. The van der Waals surface area contributed by atoms with Gasteiger partial charge in [0.05, 0.1) is 29.9 Å². The van der Waals surface area contributed by atoms with Crippen LogP contribution >= 0.6 is 0 Å². The molecule has 0 saturated carbocycles. The Kier molecular flexibility index (Phi) is 5.12. The second-order valence-corrected chi connectivity index (χ2v) is 9.18. The number of nitrogens with one attached hydrogen (secondary N) is 2. The zero-order valence-corrected chi connectivity index (χ0v) is 17.0. The van der Waals surface area contributed by atoms with Gasteiger partial charge in [-0.3, -0.25) is 19.7 Å². The molecule has 0 radical (unpaired) electrons. The molecule has 2 aliphatic heterocycles. The fourth-order valence-corrected chi connectivity index (χ4v) is 4.14. The number of sulfonamides is 1. The van der Waals surface area contributed by atoms with Crippen molar-refractivity contribution in [3.63, 3.8) is 0 Å². The number of imide groups is 1. The van der Waals surface area contributed by atoms with E-state index in [1.54, 1.807) is 24.4 Å². The van der Waals surface area contributed by atoms with Crippen LogP contribution in [0.1, 0.15) is 41.4 Å².